The SMILES string of the molecule is CCN1C(=O)/C(=C/c2ccc(OCc3ccc(Cl)cc3)c(OC)c2)S/C1=N/c1nccs1. The van der Waals surface area contributed by atoms with Gasteiger partial charge in [-0.1, -0.05) is 29.8 Å². The maximum atomic E-state index is 12.9. The number of rotatable bonds is 7. The fourth-order valence-electron chi connectivity index (χ4n) is 3.01. The molecule has 6 nitrogen and oxygen atoms in total. The molecule has 0 atom stereocenters. The number of hydrogen-bond acceptors (Lipinski definition) is 7. The third-order valence-corrected chi connectivity index (χ3v) is 6.53. The van der Waals surface area contributed by atoms with Crippen molar-refractivity contribution < 1.29 is 14.3 Å². The Labute approximate surface area is 199 Å². The van der Waals surface area contributed by atoms with E-state index in [1.54, 1.807) is 18.2 Å². The number of carbonyl (C=O) groups is 1. The molecule has 4 rings (SSSR count). The number of thiazole rings is 1. The van der Waals surface area contributed by atoms with Crippen molar-refractivity contribution in [1.82, 2.24) is 9.88 Å². The van der Waals surface area contributed by atoms with E-state index in [1.165, 1.54) is 23.1 Å². The largest absolute Gasteiger partial charge is 0.493 e. The van der Waals surface area contributed by atoms with E-state index < -0.39 is 0 Å². The maximum absolute atomic E-state index is 12.9. The second-order valence-electron chi connectivity index (χ2n) is 6.69. The Bertz CT molecular complexity index is 1160. The molecule has 1 aliphatic rings. The molecule has 0 N–H and O–H groups in total. The Morgan fingerprint density at radius 2 is 2.00 bits per heavy atom. The normalized spacial score (nSPS) is 16.2. The number of halogens is 1. The summed E-state index contributed by atoms with van der Waals surface area (Å²) in [6, 6.07) is 13.1. The van der Waals surface area contributed by atoms with Crippen LogP contribution in [0.1, 0.15) is 18.1 Å². The third-order valence-electron chi connectivity index (χ3n) is 4.61. The molecule has 0 aliphatic carbocycles. The number of likely N-dealkylation sites (N-methyl/N-ethyl adjacent to an activating group) is 1. The van der Waals surface area contributed by atoms with Crippen LogP contribution < -0.4 is 9.47 Å². The smallest absolute Gasteiger partial charge is 0.266 e. The van der Waals surface area contributed by atoms with E-state index in [2.05, 4.69) is 9.98 Å². The summed E-state index contributed by atoms with van der Waals surface area (Å²) in [5, 5.41) is 3.80. The zero-order valence-electron chi connectivity index (χ0n) is 17.4. The molecule has 0 saturated carbocycles. The van der Waals surface area contributed by atoms with Crippen LogP contribution in [0.4, 0.5) is 5.13 Å². The van der Waals surface area contributed by atoms with Crippen LogP contribution in [-0.4, -0.2) is 34.6 Å². The number of hydrogen-bond donors (Lipinski definition) is 0. The van der Waals surface area contributed by atoms with Crippen LogP contribution in [-0.2, 0) is 11.4 Å². The van der Waals surface area contributed by atoms with Crippen LogP contribution in [0.5, 0.6) is 11.5 Å². The van der Waals surface area contributed by atoms with Gasteiger partial charge in [-0.05, 0) is 60.2 Å². The van der Waals surface area contributed by atoms with Crippen LogP contribution in [0.15, 0.2) is 63.9 Å². The number of benzene rings is 2. The fourth-order valence-corrected chi connectivity index (χ4v) is 4.74. The first-order chi connectivity index (χ1) is 15.6. The molecule has 164 valence electrons. The van der Waals surface area contributed by atoms with Gasteiger partial charge < -0.3 is 9.47 Å². The van der Waals surface area contributed by atoms with Gasteiger partial charge in [0.05, 0.1) is 12.0 Å². The van der Waals surface area contributed by atoms with Crippen molar-refractivity contribution in [2.75, 3.05) is 13.7 Å². The Hall–Kier alpha value is -2.81. The van der Waals surface area contributed by atoms with E-state index in [0.29, 0.717) is 44.9 Å². The molecule has 1 aromatic heterocycles. The van der Waals surface area contributed by atoms with E-state index in [9.17, 15) is 4.79 Å². The van der Waals surface area contributed by atoms with Crippen molar-refractivity contribution in [2.24, 2.45) is 4.99 Å². The van der Waals surface area contributed by atoms with E-state index in [4.69, 9.17) is 21.1 Å². The number of aliphatic imine (C=N–C) groups is 1. The zero-order valence-corrected chi connectivity index (χ0v) is 19.8. The summed E-state index contributed by atoms with van der Waals surface area (Å²) in [5.74, 6) is 1.14. The summed E-state index contributed by atoms with van der Waals surface area (Å²) >= 11 is 8.71. The van der Waals surface area contributed by atoms with Gasteiger partial charge in [-0.2, -0.15) is 4.99 Å². The highest BCUT2D eigenvalue weighted by atomic mass is 35.5. The molecule has 0 spiro atoms. The third kappa shape index (κ3) is 5.15. The van der Waals surface area contributed by atoms with Gasteiger partial charge in [-0.3, -0.25) is 9.69 Å². The first-order valence-corrected chi connectivity index (χ1v) is 11.9. The molecule has 0 radical (unpaired) electrons. The van der Waals surface area contributed by atoms with Crippen LogP contribution in [0.25, 0.3) is 6.08 Å². The number of amides is 1. The lowest BCUT2D eigenvalue weighted by Crippen LogP contribution is -2.28. The molecule has 0 unspecified atom stereocenters. The number of carbonyl (C=O) groups excluding carboxylic acids is 1. The first-order valence-electron chi connectivity index (χ1n) is 9.82. The van der Waals surface area contributed by atoms with Crippen molar-refractivity contribution in [3.63, 3.8) is 0 Å². The molecular formula is C23H20ClN3O3S2. The van der Waals surface area contributed by atoms with E-state index in [-0.39, 0.29) is 5.91 Å². The Morgan fingerprint density at radius 1 is 1.19 bits per heavy atom. The average molecular weight is 486 g/mol. The number of ether oxygens (including phenoxy) is 2. The van der Waals surface area contributed by atoms with Gasteiger partial charge in [0.1, 0.15) is 6.61 Å². The minimum absolute atomic E-state index is 0.0742. The molecule has 0 bridgehead atoms. The predicted molar refractivity (Wildman–Crippen MR) is 131 cm³/mol. The van der Waals surface area contributed by atoms with Crippen LogP contribution in [0.2, 0.25) is 5.02 Å². The molecular weight excluding hydrogens is 466 g/mol. The molecule has 1 amide bonds. The zero-order chi connectivity index (χ0) is 22.5. The van der Waals surface area contributed by atoms with Crippen LogP contribution >= 0.6 is 34.7 Å². The predicted octanol–water partition coefficient (Wildman–Crippen LogP) is 6.01. The molecule has 1 saturated heterocycles. The molecule has 1 aliphatic heterocycles. The Balaban J connectivity index is 1.53. The molecule has 3 aromatic rings. The quantitative estimate of drug-likeness (QED) is 0.383. The minimum Gasteiger partial charge on any atom is -0.493 e. The molecule has 9 heteroatoms. The molecule has 2 aromatic carbocycles. The van der Waals surface area contributed by atoms with Gasteiger partial charge in [0.2, 0.25) is 5.13 Å². The molecule has 1 fully saturated rings. The second kappa shape index (κ2) is 10.2. The number of aromatic nitrogens is 1. The summed E-state index contributed by atoms with van der Waals surface area (Å²) in [6.45, 7) is 2.85. The second-order valence-corrected chi connectivity index (χ2v) is 9.01. The summed E-state index contributed by atoms with van der Waals surface area (Å²) < 4.78 is 11.4. The lowest BCUT2D eigenvalue weighted by molar-refractivity contribution is -0.122. The summed E-state index contributed by atoms with van der Waals surface area (Å²) in [4.78, 5) is 23.8. The van der Waals surface area contributed by atoms with E-state index >= 15 is 0 Å². The van der Waals surface area contributed by atoms with Gasteiger partial charge in [0, 0.05) is 23.1 Å². The van der Waals surface area contributed by atoms with E-state index in [0.717, 1.165) is 11.1 Å². The van der Waals surface area contributed by atoms with Crippen molar-refractivity contribution >= 4 is 57.0 Å². The maximum Gasteiger partial charge on any atom is 0.266 e. The Kier molecular flexibility index (Phi) is 7.14. The van der Waals surface area contributed by atoms with Gasteiger partial charge in [-0.15, -0.1) is 11.3 Å². The summed E-state index contributed by atoms with van der Waals surface area (Å²) in [6.07, 6.45) is 3.53. The lowest BCUT2D eigenvalue weighted by atomic mass is 10.1. The highest BCUT2D eigenvalue weighted by Crippen LogP contribution is 2.36. The number of amidine groups is 1. The van der Waals surface area contributed by atoms with Gasteiger partial charge in [0.25, 0.3) is 5.91 Å². The lowest BCUT2D eigenvalue weighted by Gasteiger charge is -2.12. The Morgan fingerprint density at radius 3 is 2.69 bits per heavy atom. The fraction of sp³-hybridized carbons (Fsp3) is 0.174. The van der Waals surface area contributed by atoms with Crippen LogP contribution in [0.3, 0.4) is 0 Å². The van der Waals surface area contributed by atoms with Gasteiger partial charge in [-0.25, -0.2) is 4.98 Å². The minimum atomic E-state index is -0.0742. The monoisotopic (exact) mass is 485 g/mol. The van der Waals surface area contributed by atoms with Crippen molar-refractivity contribution in [3.8, 4) is 11.5 Å². The highest BCUT2D eigenvalue weighted by Gasteiger charge is 2.32. The molecule has 32 heavy (non-hydrogen) atoms. The van der Waals surface area contributed by atoms with Crippen molar-refractivity contribution in [2.45, 2.75) is 13.5 Å². The number of methoxy groups -OCH3 is 1. The topological polar surface area (TPSA) is 64.0 Å². The van der Waals surface area contributed by atoms with Crippen LogP contribution in [0, 0.1) is 0 Å². The summed E-state index contributed by atoms with van der Waals surface area (Å²) in [5.41, 5.74) is 1.84. The van der Waals surface area contributed by atoms with Crippen molar-refractivity contribution in [3.05, 3.63) is 75.1 Å². The molecule has 2 heterocycles. The van der Waals surface area contributed by atoms with Crippen molar-refractivity contribution in [1.29, 1.82) is 0 Å². The average Bonchev–Trinajstić information content (AvgIpc) is 3.41. The van der Waals surface area contributed by atoms with Gasteiger partial charge >= 0.3 is 0 Å². The summed E-state index contributed by atoms with van der Waals surface area (Å²) in [7, 11) is 1.59. The number of nitrogens with zero attached hydrogens (tertiary/aromatic N) is 3. The highest BCUT2D eigenvalue weighted by molar-refractivity contribution is 8.18. The first kappa shape index (κ1) is 22.4. The number of thioether (sulfide) groups is 1. The standard InChI is InChI=1S/C23H20ClN3O3S2/c1-3-27-21(28)20(32-23(27)26-22-25-10-11-31-22)13-16-6-9-18(19(12-16)29-2)30-14-15-4-7-17(24)8-5-15/h4-13H,3,14H2,1-2H3/b20-13-,26-23+. The van der Waals surface area contributed by atoms with Gasteiger partial charge in [0.15, 0.2) is 16.7 Å². The van der Waals surface area contributed by atoms with E-state index in [1.807, 2.05) is 60.8 Å².